The minimum Gasteiger partial charge on any atom is -0.376 e. The third-order valence-corrected chi connectivity index (χ3v) is 2.73. The largest absolute Gasteiger partial charge is 0.376 e. The maximum atomic E-state index is 13.0. The van der Waals surface area contributed by atoms with Gasteiger partial charge in [0.1, 0.15) is 5.82 Å². The summed E-state index contributed by atoms with van der Waals surface area (Å²) >= 11 is 0. The summed E-state index contributed by atoms with van der Waals surface area (Å²) in [5, 5.41) is 5.45. The number of carbonyl (C=O) groups excluding carboxylic acids is 2. The highest BCUT2D eigenvalue weighted by Crippen LogP contribution is 2.10. The Morgan fingerprint density at radius 2 is 1.76 bits per heavy atom. The summed E-state index contributed by atoms with van der Waals surface area (Å²) in [7, 11) is 0. The lowest BCUT2D eigenvalue weighted by molar-refractivity contribution is -0.114. The monoisotopic (exact) mass is 287 g/mol. The molecular weight excluding hydrogens is 273 g/mol. The van der Waals surface area contributed by atoms with Crippen LogP contribution in [0.15, 0.2) is 48.5 Å². The fourth-order valence-corrected chi connectivity index (χ4v) is 1.70. The highest BCUT2D eigenvalue weighted by atomic mass is 19.1. The highest BCUT2D eigenvalue weighted by molar-refractivity contribution is 5.96. The van der Waals surface area contributed by atoms with E-state index in [9.17, 15) is 14.0 Å². The number of rotatable bonds is 5. The molecule has 0 atom stereocenters. The first-order valence-corrected chi connectivity index (χ1v) is 6.24. The SMILES string of the molecule is NC(=O)c1ccc(NC(=O)CNc2cccc(F)c2)cc1. The zero-order chi connectivity index (χ0) is 15.2. The molecule has 4 N–H and O–H groups in total. The molecule has 2 aromatic rings. The number of carbonyl (C=O) groups is 2. The second-order valence-corrected chi connectivity index (χ2v) is 4.35. The standard InChI is InChI=1S/C15H14FN3O2/c16-11-2-1-3-13(8-11)18-9-14(20)19-12-6-4-10(5-7-12)15(17)21/h1-8,18H,9H2,(H2,17,21)(H,19,20). The maximum Gasteiger partial charge on any atom is 0.248 e. The van der Waals surface area contributed by atoms with Crippen LogP contribution in [0.1, 0.15) is 10.4 Å². The molecule has 0 saturated heterocycles. The average Bonchev–Trinajstić information content (AvgIpc) is 2.46. The molecule has 6 heteroatoms. The fraction of sp³-hybridized carbons (Fsp3) is 0.0667. The van der Waals surface area contributed by atoms with Crippen LogP contribution in [0.4, 0.5) is 15.8 Å². The van der Waals surface area contributed by atoms with Gasteiger partial charge in [0.2, 0.25) is 11.8 Å². The summed E-state index contributed by atoms with van der Waals surface area (Å²) in [4.78, 5) is 22.6. The van der Waals surface area contributed by atoms with Crippen LogP contribution in [-0.4, -0.2) is 18.4 Å². The van der Waals surface area contributed by atoms with Crippen molar-refractivity contribution in [1.82, 2.24) is 0 Å². The highest BCUT2D eigenvalue weighted by Gasteiger charge is 2.04. The van der Waals surface area contributed by atoms with Gasteiger partial charge in [-0.25, -0.2) is 4.39 Å². The summed E-state index contributed by atoms with van der Waals surface area (Å²) in [6.07, 6.45) is 0. The van der Waals surface area contributed by atoms with Gasteiger partial charge in [-0.15, -0.1) is 0 Å². The fourth-order valence-electron chi connectivity index (χ4n) is 1.70. The van der Waals surface area contributed by atoms with Crippen molar-refractivity contribution in [3.8, 4) is 0 Å². The molecule has 0 unspecified atom stereocenters. The van der Waals surface area contributed by atoms with Gasteiger partial charge >= 0.3 is 0 Å². The number of primary amides is 1. The van der Waals surface area contributed by atoms with Gasteiger partial charge in [0, 0.05) is 16.9 Å². The van der Waals surface area contributed by atoms with Crippen LogP contribution in [-0.2, 0) is 4.79 Å². The van der Waals surface area contributed by atoms with Crippen LogP contribution in [0.25, 0.3) is 0 Å². The van der Waals surface area contributed by atoms with E-state index < -0.39 is 5.91 Å². The Morgan fingerprint density at radius 1 is 1.05 bits per heavy atom. The van der Waals surface area contributed by atoms with Crippen LogP contribution < -0.4 is 16.4 Å². The number of nitrogens with one attached hydrogen (secondary N) is 2. The van der Waals surface area contributed by atoms with E-state index >= 15 is 0 Å². The van der Waals surface area contributed by atoms with Gasteiger partial charge < -0.3 is 16.4 Å². The quantitative estimate of drug-likeness (QED) is 0.786. The Labute approximate surface area is 121 Å². The Morgan fingerprint density at radius 3 is 2.38 bits per heavy atom. The molecule has 0 spiro atoms. The summed E-state index contributed by atoms with van der Waals surface area (Å²) in [6.45, 7) is 0.00102. The van der Waals surface area contributed by atoms with E-state index in [-0.39, 0.29) is 18.3 Å². The van der Waals surface area contributed by atoms with E-state index in [2.05, 4.69) is 10.6 Å². The number of amides is 2. The molecule has 0 heterocycles. The third-order valence-electron chi connectivity index (χ3n) is 2.73. The number of nitrogens with two attached hydrogens (primary N) is 1. The molecule has 0 fully saturated rings. The van der Waals surface area contributed by atoms with Crippen LogP contribution in [0.2, 0.25) is 0 Å². The second kappa shape index (κ2) is 6.51. The molecular formula is C15H14FN3O2. The summed E-state index contributed by atoms with van der Waals surface area (Å²) in [5.41, 5.74) is 6.56. The van der Waals surface area contributed by atoms with E-state index in [1.807, 2.05) is 0 Å². The summed E-state index contributed by atoms with van der Waals surface area (Å²) < 4.78 is 13.0. The van der Waals surface area contributed by atoms with Crippen LogP contribution in [0.3, 0.4) is 0 Å². The molecule has 2 rings (SSSR count). The minimum atomic E-state index is -0.527. The summed E-state index contributed by atoms with van der Waals surface area (Å²) in [5.74, 6) is -1.19. The Kier molecular flexibility index (Phi) is 4.50. The number of halogens is 1. The molecule has 0 aliphatic rings. The van der Waals surface area contributed by atoms with Gasteiger partial charge in [0.25, 0.3) is 0 Å². The summed E-state index contributed by atoms with van der Waals surface area (Å²) in [6, 6.07) is 12.1. The topological polar surface area (TPSA) is 84.2 Å². The lowest BCUT2D eigenvalue weighted by Gasteiger charge is -2.08. The van der Waals surface area contributed by atoms with E-state index in [0.717, 1.165) is 0 Å². The van der Waals surface area contributed by atoms with Crippen molar-refractivity contribution in [3.63, 3.8) is 0 Å². The number of anilines is 2. The predicted molar refractivity (Wildman–Crippen MR) is 78.5 cm³/mol. The smallest absolute Gasteiger partial charge is 0.248 e. The van der Waals surface area contributed by atoms with Crippen molar-refractivity contribution in [2.45, 2.75) is 0 Å². The molecule has 0 radical (unpaired) electrons. The molecule has 0 aliphatic carbocycles. The number of hydrogen-bond acceptors (Lipinski definition) is 3. The van der Waals surface area contributed by atoms with Gasteiger partial charge in [-0.05, 0) is 42.5 Å². The molecule has 21 heavy (non-hydrogen) atoms. The van der Waals surface area contributed by atoms with Crippen molar-refractivity contribution < 1.29 is 14.0 Å². The lowest BCUT2D eigenvalue weighted by Crippen LogP contribution is -2.21. The molecule has 2 aromatic carbocycles. The van der Waals surface area contributed by atoms with Crippen molar-refractivity contribution in [3.05, 3.63) is 59.9 Å². The Bertz CT molecular complexity index is 656. The number of hydrogen-bond donors (Lipinski definition) is 3. The predicted octanol–water partition coefficient (Wildman–Crippen LogP) is 1.98. The molecule has 0 aliphatic heterocycles. The van der Waals surface area contributed by atoms with E-state index in [1.54, 1.807) is 24.3 Å². The molecule has 108 valence electrons. The van der Waals surface area contributed by atoms with Crippen LogP contribution in [0.5, 0.6) is 0 Å². The minimum absolute atomic E-state index is 0.00102. The lowest BCUT2D eigenvalue weighted by atomic mass is 10.2. The van der Waals surface area contributed by atoms with E-state index in [4.69, 9.17) is 5.73 Å². The first-order chi connectivity index (χ1) is 10.0. The van der Waals surface area contributed by atoms with Gasteiger partial charge in [-0.2, -0.15) is 0 Å². The average molecular weight is 287 g/mol. The second-order valence-electron chi connectivity index (χ2n) is 4.35. The molecule has 2 amide bonds. The molecule has 0 bridgehead atoms. The number of benzene rings is 2. The zero-order valence-corrected chi connectivity index (χ0v) is 11.1. The molecule has 0 aromatic heterocycles. The molecule has 0 saturated carbocycles. The zero-order valence-electron chi connectivity index (χ0n) is 11.1. The van der Waals surface area contributed by atoms with Crippen molar-refractivity contribution in [1.29, 1.82) is 0 Å². The Hall–Kier alpha value is -2.89. The Balaban J connectivity index is 1.88. The normalized spacial score (nSPS) is 9.95. The van der Waals surface area contributed by atoms with E-state index in [1.165, 1.54) is 24.3 Å². The first-order valence-electron chi connectivity index (χ1n) is 6.24. The van der Waals surface area contributed by atoms with Gasteiger partial charge in [-0.1, -0.05) is 6.07 Å². The first kappa shape index (κ1) is 14.5. The van der Waals surface area contributed by atoms with Crippen molar-refractivity contribution in [2.75, 3.05) is 17.2 Å². The maximum absolute atomic E-state index is 13.0. The van der Waals surface area contributed by atoms with Gasteiger partial charge in [-0.3, -0.25) is 9.59 Å². The van der Waals surface area contributed by atoms with Gasteiger partial charge in [0.05, 0.1) is 6.54 Å². The van der Waals surface area contributed by atoms with Crippen molar-refractivity contribution >= 4 is 23.2 Å². The van der Waals surface area contributed by atoms with Crippen LogP contribution in [0, 0.1) is 5.82 Å². The van der Waals surface area contributed by atoms with Crippen LogP contribution >= 0.6 is 0 Å². The van der Waals surface area contributed by atoms with E-state index in [0.29, 0.717) is 16.9 Å². The van der Waals surface area contributed by atoms with Gasteiger partial charge in [0.15, 0.2) is 0 Å². The third kappa shape index (κ3) is 4.31. The molecule has 5 nitrogen and oxygen atoms in total. The van der Waals surface area contributed by atoms with Crippen molar-refractivity contribution in [2.24, 2.45) is 5.73 Å².